The van der Waals surface area contributed by atoms with Gasteiger partial charge in [0, 0.05) is 11.1 Å². The van der Waals surface area contributed by atoms with E-state index >= 15 is 0 Å². The van der Waals surface area contributed by atoms with Gasteiger partial charge in [-0.15, -0.1) is 0 Å². The topological polar surface area (TPSA) is 66.5 Å². The third-order valence-electron chi connectivity index (χ3n) is 3.96. The Morgan fingerprint density at radius 1 is 0.880 bits per heavy atom. The standard InChI is InChI=1S/C19H12N2O3S/c22-17(12-9-10-25-11-12)20-13-5-7-14(8-6-13)21-18(23)15-3-1-2-4-16(15)19(21)24/h1-11H,(H,20,22). The minimum atomic E-state index is -0.337. The molecule has 1 aliphatic heterocycles. The summed E-state index contributed by atoms with van der Waals surface area (Å²) in [6, 6.07) is 15.1. The van der Waals surface area contributed by atoms with Crippen LogP contribution in [0.25, 0.3) is 0 Å². The zero-order chi connectivity index (χ0) is 17.4. The lowest BCUT2D eigenvalue weighted by atomic mass is 10.1. The molecule has 0 unspecified atom stereocenters. The van der Waals surface area contributed by atoms with E-state index in [0.29, 0.717) is 28.1 Å². The van der Waals surface area contributed by atoms with Gasteiger partial charge in [-0.05, 0) is 47.8 Å². The highest BCUT2D eigenvalue weighted by molar-refractivity contribution is 7.08. The molecule has 5 nitrogen and oxygen atoms in total. The highest BCUT2D eigenvalue weighted by Crippen LogP contribution is 2.29. The summed E-state index contributed by atoms with van der Waals surface area (Å²) in [5.41, 5.74) is 2.47. The molecule has 0 fully saturated rings. The fourth-order valence-corrected chi connectivity index (χ4v) is 3.35. The smallest absolute Gasteiger partial charge is 0.266 e. The molecule has 1 aromatic heterocycles. The summed E-state index contributed by atoms with van der Waals surface area (Å²) in [4.78, 5) is 38.1. The molecular formula is C19H12N2O3S. The van der Waals surface area contributed by atoms with Gasteiger partial charge in [-0.1, -0.05) is 12.1 Å². The van der Waals surface area contributed by atoms with E-state index in [1.54, 1.807) is 60.0 Å². The number of nitrogens with one attached hydrogen (secondary N) is 1. The number of thiophene rings is 1. The van der Waals surface area contributed by atoms with Gasteiger partial charge < -0.3 is 5.32 Å². The van der Waals surface area contributed by atoms with Crippen molar-refractivity contribution in [1.29, 1.82) is 0 Å². The van der Waals surface area contributed by atoms with Crippen molar-refractivity contribution in [2.75, 3.05) is 10.2 Å². The number of carbonyl (C=O) groups excluding carboxylic acids is 3. The summed E-state index contributed by atoms with van der Waals surface area (Å²) in [5.74, 6) is -0.874. The van der Waals surface area contributed by atoms with E-state index in [-0.39, 0.29) is 17.7 Å². The van der Waals surface area contributed by atoms with Crippen molar-refractivity contribution < 1.29 is 14.4 Å². The van der Waals surface area contributed by atoms with Crippen LogP contribution in [0.15, 0.2) is 65.4 Å². The number of carbonyl (C=O) groups is 3. The second-order valence-electron chi connectivity index (χ2n) is 5.50. The van der Waals surface area contributed by atoms with Gasteiger partial charge in [0.2, 0.25) is 0 Å². The predicted molar refractivity (Wildman–Crippen MR) is 96.3 cm³/mol. The lowest BCUT2D eigenvalue weighted by Gasteiger charge is -2.14. The van der Waals surface area contributed by atoms with Crippen LogP contribution in [-0.4, -0.2) is 17.7 Å². The lowest BCUT2D eigenvalue weighted by molar-refractivity contribution is 0.0924. The molecule has 4 rings (SSSR count). The first-order chi connectivity index (χ1) is 12.1. The van der Waals surface area contributed by atoms with Crippen LogP contribution in [-0.2, 0) is 0 Å². The van der Waals surface area contributed by atoms with E-state index in [2.05, 4.69) is 5.32 Å². The average molecular weight is 348 g/mol. The molecule has 0 radical (unpaired) electrons. The molecule has 1 aliphatic rings. The van der Waals surface area contributed by atoms with Gasteiger partial charge >= 0.3 is 0 Å². The second-order valence-corrected chi connectivity index (χ2v) is 6.28. The Morgan fingerprint density at radius 2 is 1.52 bits per heavy atom. The molecule has 1 N–H and O–H groups in total. The lowest BCUT2D eigenvalue weighted by Crippen LogP contribution is -2.29. The van der Waals surface area contributed by atoms with Gasteiger partial charge in [0.15, 0.2) is 0 Å². The largest absolute Gasteiger partial charge is 0.322 e. The first kappa shape index (κ1) is 15.3. The fraction of sp³-hybridized carbons (Fsp3) is 0. The van der Waals surface area contributed by atoms with E-state index in [9.17, 15) is 14.4 Å². The number of imide groups is 1. The first-order valence-corrected chi connectivity index (χ1v) is 8.51. The number of hydrogen-bond donors (Lipinski definition) is 1. The van der Waals surface area contributed by atoms with E-state index in [1.165, 1.54) is 11.3 Å². The minimum Gasteiger partial charge on any atom is -0.322 e. The van der Waals surface area contributed by atoms with Gasteiger partial charge in [-0.2, -0.15) is 11.3 Å². The molecule has 0 bridgehead atoms. The maximum absolute atomic E-state index is 12.5. The highest BCUT2D eigenvalue weighted by atomic mass is 32.1. The maximum atomic E-state index is 12.5. The summed E-state index contributed by atoms with van der Waals surface area (Å²) in [5, 5.41) is 6.38. The molecule has 0 aliphatic carbocycles. The number of hydrogen-bond acceptors (Lipinski definition) is 4. The van der Waals surface area contributed by atoms with Crippen LogP contribution in [0.4, 0.5) is 11.4 Å². The molecule has 2 aromatic carbocycles. The van der Waals surface area contributed by atoms with Crippen LogP contribution in [0.2, 0.25) is 0 Å². The van der Waals surface area contributed by atoms with Crippen LogP contribution in [0.1, 0.15) is 31.1 Å². The predicted octanol–water partition coefficient (Wildman–Crippen LogP) is 3.80. The van der Waals surface area contributed by atoms with Crippen molar-refractivity contribution in [3.8, 4) is 0 Å². The van der Waals surface area contributed by atoms with Gasteiger partial charge in [0.1, 0.15) is 0 Å². The molecule has 3 aromatic rings. The Bertz CT molecular complexity index is 943. The van der Waals surface area contributed by atoms with E-state index in [1.807, 2.05) is 5.38 Å². The normalized spacial score (nSPS) is 13.0. The molecule has 25 heavy (non-hydrogen) atoms. The number of benzene rings is 2. The fourth-order valence-electron chi connectivity index (χ4n) is 2.71. The van der Waals surface area contributed by atoms with Crippen molar-refractivity contribution in [2.24, 2.45) is 0 Å². The molecular weight excluding hydrogens is 336 g/mol. The van der Waals surface area contributed by atoms with Crippen molar-refractivity contribution in [2.45, 2.75) is 0 Å². The van der Waals surface area contributed by atoms with Crippen molar-refractivity contribution >= 4 is 40.4 Å². The van der Waals surface area contributed by atoms with Gasteiger partial charge in [-0.25, -0.2) is 4.90 Å². The molecule has 0 saturated carbocycles. The van der Waals surface area contributed by atoms with Crippen LogP contribution >= 0.6 is 11.3 Å². The van der Waals surface area contributed by atoms with Gasteiger partial charge in [0.05, 0.1) is 22.4 Å². The average Bonchev–Trinajstić information content (AvgIpc) is 3.25. The number of anilines is 2. The molecule has 0 atom stereocenters. The third-order valence-corrected chi connectivity index (χ3v) is 4.64. The van der Waals surface area contributed by atoms with Crippen LogP contribution < -0.4 is 10.2 Å². The molecule has 122 valence electrons. The first-order valence-electron chi connectivity index (χ1n) is 7.56. The molecule has 0 saturated heterocycles. The Labute approximate surface area is 147 Å². The van der Waals surface area contributed by atoms with E-state index < -0.39 is 0 Å². The highest BCUT2D eigenvalue weighted by Gasteiger charge is 2.36. The quantitative estimate of drug-likeness (QED) is 0.732. The number of rotatable bonds is 3. The minimum absolute atomic E-state index is 0.199. The molecule has 0 spiro atoms. The van der Waals surface area contributed by atoms with Crippen molar-refractivity contribution in [3.63, 3.8) is 0 Å². The Hall–Kier alpha value is -3.25. The molecule has 2 heterocycles. The van der Waals surface area contributed by atoms with Gasteiger partial charge in [-0.3, -0.25) is 14.4 Å². The second kappa shape index (κ2) is 5.99. The monoisotopic (exact) mass is 348 g/mol. The zero-order valence-corrected chi connectivity index (χ0v) is 13.7. The molecule has 6 heteroatoms. The Kier molecular flexibility index (Phi) is 3.66. The number of fused-ring (bicyclic) bond motifs is 1. The van der Waals surface area contributed by atoms with Crippen LogP contribution in [0.5, 0.6) is 0 Å². The molecule has 3 amide bonds. The van der Waals surface area contributed by atoms with Crippen molar-refractivity contribution in [1.82, 2.24) is 0 Å². The summed E-state index contributed by atoms with van der Waals surface area (Å²) < 4.78 is 0. The van der Waals surface area contributed by atoms with E-state index in [0.717, 1.165) is 4.90 Å². The Balaban J connectivity index is 1.56. The van der Waals surface area contributed by atoms with E-state index in [4.69, 9.17) is 0 Å². The van der Waals surface area contributed by atoms with Crippen LogP contribution in [0.3, 0.4) is 0 Å². The van der Waals surface area contributed by atoms with Crippen molar-refractivity contribution in [3.05, 3.63) is 82.0 Å². The summed E-state index contributed by atoms with van der Waals surface area (Å²) in [6.07, 6.45) is 0. The zero-order valence-electron chi connectivity index (χ0n) is 12.9. The summed E-state index contributed by atoms with van der Waals surface area (Å²) in [6.45, 7) is 0. The van der Waals surface area contributed by atoms with Gasteiger partial charge in [0.25, 0.3) is 17.7 Å². The SMILES string of the molecule is O=C(Nc1ccc(N2C(=O)c3ccccc3C2=O)cc1)c1ccsc1. The summed E-state index contributed by atoms with van der Waals surface area (Å²) in [7, 11) is 0. The number of amides is 3. The Morgan fingerprint density at radius 3 is 2.08 bits per heavy atom. The summed E-state index contributed by atoms with van der Waals surface area (Å²) >= 11 is 1.45. The van der Waals surface area contributed by atoms with Crippen LogP contribution in [0, 0.1) is 0 Å². The third kappa shape index (κ3) is 2.62. The number of nitrogens with zero attached hydrogens (tertiary/aromatic N) is 1. The maximum Gasteiger partial charge on any atom is 0.266 e.